The van der Waals surface area contributed by atoms with Crippen molar-refractivity contribution in [1.82, 2.24) is 0 Å². The minimum Gasteiger partial charge on any atom is -0.504 e. The maximum absolute atomic E-state index is 9.67. The van der Waals surface area contributed by atoms with Gasteiger partial charge in [-0.15, -0.1) is 11.6 Å². The number of aryl methyl sites for hydroxylation is 1. The zero-order valence-corrected chi connectivity index (χ0v) is 11.0. The Morgan fingerprint density at radius 3 is 2.41 bits per heavy atom. The van der Waals surface area contributed by atoms with E-state index in [0.29, 0.717) is 5.75 Å². The first kappa shape index (κ1) is 14.1. The predicted molar refractivity (Wildman–Crippen MR) is 65.8 cm³/mol. The van der Waals surface area contributed by atoms with Crippen LogP contribution in [0.15, 0.2) is 18.2 Å². The lowest BCUT2D eigenvalue weighted by atomic mass is 10.2. The van der Waals surface area contributed by atoms with Crippen LogP contribution in [0.2, 0.25) is 0 Å². The van der Waals surface area contributed by atoms with Gasteiger partial charge >= 0.3 is 0 Å². The molecule has 0 aliphatic carbocycles. The molecule has 0 radical (unpaired) electrons. The minimum absolute atomic E-state index is 0.0840. The summed E-state index contributed by atoms with van der Waals surface area (Å²) in [6.45, 7) is 1.98. The quantitative estimate of drug-likeness (QED) is 0.630. The van der Waals surface area contributed by atoms with Gasteiger partial charge in [-0.25, -0.2) is 0 Å². The highest BCUT2D eigenvalue weighted by atomic mass is 35.5. The maximum Gasteiger partial charge on any atom is 0.216 e. The summed E-state index contributed by atoms with van der Waals surface area (Å²) >= 11 is 5.76. The number of aromatic hydroxyl groups is 1. The Bertz CT molecular complexity index is 355. The van der Waals surface area contributed by atoms with Crippen LogP contribution < -0.4 is 4.74 Å². The molecule has 0 aromatic heterocycles. The fourth-order valence-corrected chi connectivity index (χ4v) is 1.58. The van der Waals surface area contributed by atoms with E-state index < -0.39 is 5.79 Å². The molecule has 0 atom stereocenters. The molecule has 1 N–H and O–H groups in total. The van der Waals surface area contributed by atoms with Gasteiger partial charge in [-0.3, -0.25) is 0 Å². The number of rotatable bonds is 6. The summed E-state index contributed by atoms with van der Waals surface area (Å²) in [6, 6.07) is 5.16. The van der Waals surface area contributed by atoms with Gasteiger partial charge in [0, 0.05) is 14.2 Å². The molecule has 0 aliphatic rings. The van der Waals surface area contributed by atoms with E-state index in [0.717, 1.165) is 5.56 Å². The van der Waals surface area contributed by atoms with E-state index in [1.807, 2.05) is 13.0 Å². The topological polar surface area (TPSA) is 47.9 Å². The highest BCUT2D eigenvalue weighted by Gasteiger charge is 2.30. The van der Waals surface area contributed by atoms with Gasteiger partial charge in [0.25, 0.3) is 0 Å². The molecule has 0 saturated heterocycles. The molecule has 0 bridgehead atoms. The summed E-state index contributed by atoms with van der Waals surface area (Å²) in [4.78, 5) is 0. The predicted octanol–water partition coefficient (Wildman–Crippen LogP) is 2.31. The van der Waals surface area contributed by atoms with Gasteiger partial charge in [-0.2, -0.15) is 0 Å². The van der Waals surface area contributed by atoms with E-state index in [4.69, 9.17) is 25.8 Å². The average molecular weight is 261 g/mol. The lowest BCUT2D eigenvalue weighted by Gasteiger charge is -2.28. The molecular weight excluding hydrogens is 244 g/mol. The van der Waals surface area contributed by atoms with E-state index in [1.54, 1.807) is 12.1 Å². The van der Waals surface area contributed by atoms with Crippen molar-refractivity contribution in [3.63, 3.8) is 0 Å². The van der Waals surface area contributed by atoms with Crippen LogP contribution in [-0.4, -0.2) is 37.6 Å². The fourth-order valence-electron chi connectivity index (χ4n) is 1.29. The number of hydrogen-bond donors (Lipinski definition) is 1. The third kappa shape index (κ3) is 3.49. The number of alkyl halides is 1. The zero-order chi connectivity index (χ0) is 12.9. The standard InChI is InChI=1S/C12H17ClO4/c1-9-4-5-11(10(14)6-9)17-8-12(7-13,15-2)16-3/h4-6,14H,7-8H2,1-3H3. The van der Waals surface area contributed by atoms with Crippen molar-refractivity contribution < 1.29 is 19.3 Å². The summed E-state index contributed by atoms with van der Waals surface area (Å²) in [6.07, 6.45) is 0. The molecule has 0 unspecified atom stereocenters. The molecule has 1 aromatic rings. The van der Waals surface area contributed by atoms with Crippen LogP contribution in [0.1, 0.15) is 5.56 Å². The van der Waals surface area contributed by atoms with E-state index >= 15 is 0 Å². The van der Waals surface area contributed by atoms with E-state index in [2.05, 4.69) is 0 Å². The second-order valence-electron chi connectivity index (χ2n) is 3.71. The van der Waals surface area contributed by atoms with E-state index in [1.165, 1.54) is 14.2 Å². The molecule has 4 nitrogen and oxygen atoms in total. The number of methoxy groups -OCH3 is 2. The van der Waals surface area contributed by atoms with Crippen molar-refractivity contribution >= 4 is 11.6 Å². The Hall–Kier alpha value is -0.970. The van der Waals surface area contributed by atoms with Crippen molar-refractivity contribution in [2.75, 3.05) is 26.7 Å². The first-order valence-corrected chi connectivity index (χ1v) is 5.69. The van der Waals surface area contributed by atoms with Crippen LogP contribution >= 0.6 is 11.6 Å². The molecule has 0 heterocycles. The van der Waals surface area contributed by atoms with Crippen molar-refractivity contribution in [2.45, 2.75) is 12.7 Å². The van der Waals surface area contributed by atoms with Crippen LogP contribution in [0.25, 0.3) is 0 Å². The van der Waals surface area contributed by atoms with Gasteiger partial charge in [0.1, 0.15) is 6.61 Å². The normalized spacial score (nSPS) is 11.5. The van der Waals surface area contributed by atoms with Gasteiger partial charge in [-0.05, 0) is 24.6 Å². The summed E-state index contributed by atoms with van der Waals surface area (Å²) < 4.78 is 15.8. The van der Waals surface area contributed by atoms with Crippen molar-refractivity contribution in [1.29, 1.82) is 0 Å². The van der Waals surface area contributed by atoms with Crippen LogP contribution in [0, 0.1) is 6.92 Å². The van der Waals surface area contributed by atoms with Gasteiger partial charge in [0.15, 0.2) is 11.5 Å². The first-order chi connectivity index (χ1) is 8.06. The number of phenols is 1. The lowest BCUT2D eigenvalue weighted by molar-refractivity contribution is -0.206. The molecule has 17 heavy (non-hydrogen) atoms. The second kappa shape index (κ2) is 6.10. The van der Waals surface area contributed by atoms with Crippen molar-refractivity contribution in [3.05, 3.63) is 23.8 Å². The van der Waals surface area contributed by atoms with Gasteiger partial charge in [0.05, 0.1) is 5.88 Å². The van der Waals surface area contributed by atoms with Crippen molar-refractivity contribution in [3.8, 4) is 11.5 Å². The number of halogens is 1. The largest absolute Gasteiger partial charge is 0.504 e. The molecule has 5 heteroatoms. The molecule has 0 spiro atoms. The molecule has 0 fully saturated rings. The number of benzene rings is 1. The summed E-state index contributed by atoms with van der Waals surface area (Å²) in [5.74, 6) is -0.411. The van der Waals surface area contributed by atoms with Gasteiger partial charge in [-0.1, -0.05) is 6.07 Å². The third-order valence-electron chi connectivity index (χ3n) is 2.51. The van der Waals surface area contributed by atoms with Crippen molar-refractivity contribution in [2.24, 2.45) is 0 Å². The highest BCUT2D eigenvalue weighted by Crippen LogP contribution is 2.28. The summed E-state index contributed by atoms with van der Waals surface area (Å²) in [7, 11) is 2.98. The Labute approximate surface area is 106 Å². The van der Waals surface area contributed by atoms with Gasteiger partial charge in [0.2, 0.25) is 5.79 Å². The lowest BCUT2D eigenvalue weighted by Crippen LogP contribution is -2.42. The number of ether oxygens (including phenoxy) is 3. The molecule has 0 saturated carbocycles. The first-order valence-electron chi connectivity index (χ1n) is 5.15. The Kier molecular flexibility index (Phi) is 5.05. The zero-order valence-electron chi connectivity index (χ0n) is 10.2. The molecule has 0 aliphatic heterocycles. The fraction of sp³-hybridized carbons (Fsp3) is 0.500. The molecular formula is C12H17ClO4. The highest BCUT2D eigenvalue weighted by molar-refractivity contribution is 6.18. The van der Waals surface area contributed by atoms with E-state index in [9.17, 15) is 5.11 Å². The number of hydrogen-bond acceptors (Lipinski definition) is 4. The maximum atomic E-state index is 9.67. The van der Waals surface area contributed by atoms with E-state index in [-0.39, 0.29) is 18.2 Å². The Balaban J connectivity index is 2.72. The monoisotopic (exact) mass is 260 g/mol. The molecule has 1 rings (SSSR count). The summed E-state index contributed by atoms with van der Waals surface area (Å²) in [5, 5.41) is 9.67. The van der Waals surface area contributed by atoms with Crippen LogP contribution in [0.5, 0.6) is 11.5 Å². The summed E-state index contributed by atoms with van der Waals surface area (Å²) in [5.41, 5.74) is 0.955. The smallest absolute Gasteiger partial charge is 0.216 e. The second-order valence-corrected chi connectivity index (χ2v) is 3.98. The minimum atomic E-state index is -1.00. The molecule has 96 valence electrons. The molecule has 1 aromatic carbocycles. The number of phenolic OH excluding ortho intramolecular Hbond substituents is 1. The van der Waals surface area contributed by atoms with Crippen LogP contribution in [0.3, 0.4) is 0 Å². The average Bonchev–Trinajstić information content (AvgIpc) is 2.33. The Morgan fingerprint density at radius 1 is 1.29 bits per heavy atom. The third-order valence-corrected chi connectivity index (χ3v) is 2.92. The SMILES string of the molecule is COC(CCl)(COc1ccc(C)cc1O)OC. The van der Waals surface area contributed by atoms with Crippen LogP contribution in [-0.2, 0) is 9.47 Å². The molecule has 0 amide bonds. The van der Waals surface area contributed by atoms with Gasteiger partial charge < -0.3 is 19.3 Å². The Morgan fingerprint density at radius 2 is 1.94 bits per heavy atom. The van der Waals surface area contributed by atoms with Crippen LogP contribution in [0.4, 0.5) is 0 Å².